The maximum Gasteiger partial charge on any atom is 0.187 e. The van der Waals surface area contributed by atoms with Crippen LogP contribution in [-0.4, -0.2) is 32.5 Å². The molecule has 2 heterocycles. The Labute approximate surface area is 127 Å². The maximum atomic E-state index is 5.86. The molecule has 0 amide bonds. The molecule has 110 valence electrons. The Kier molecular flexibility index (Phi) is 3.59. The van der Waals surface area contributed by atoms with Crippen molar-refractivity contribution in [2.24, 2.45) is 11.1 Å². The molecule has 1 aromatic carbocycles. The molecule has 2 aromatic heterocycles. The second-order valence-corrected chi connectivity index (χ2v) is 6.74. The second kappa shape index (κ2) is 5.27. The predicted octanol–water partition coefficient (Wildman–Crippen LogP) is 2.69. The molecule has 0 fully saturated rings. The van der Waals surface area contributed by atoms with Crippen molar-refractivity contribution >= 4 is 33.6 Å². The van der Waals surface area contributed by atoms with Crippen LogP contribution < -0.4 is 5.73 Å². The minimum Gasteiger partial charge on any atom is -0.330 e. The lowest BCUT2D eigenvalue weighted by molar-refractivity contribution is 0.307. The smallest absolute Gasteiger partial charge is 0.187 e. The lowest BCUT2D eigenvalue weighted by Crippen LogP contribution is -2.29. The van der Waals surface area contributed by atoms with Gasteiger partial charge in [-0.05, 0) is 18.2 Å². The van der Waals surface area contributed by atoms with E-state index in [1.807, 2.05) is 29.4 Å². The molecule has 3 rings (SSSR count). The summed E-state index contributed by atoms with van der Waals surface area (Å²) in [4.78, 5) is 9.01. The van der Waals surface area contributed by atoms with Crippen LogP contribution in [0, 0.1) is 5.41 Å². The van der Waals surface area contributed by atoms with Crippen LogP contribution in [0.1, 0.15) is 13.8 Å². The van der Waals surface area contributed by atoms with E-state index in [0.717, 1.165) is 33.5 Å². The number of nitrogens with zero attached hydrogens (tertiary/aromatic N) is 4. The van der Waals surface area contributed by atoms with E-state index >= 15 is 0 Å². The van der Waals surface area contributed by atoms with E-state index in [4.69, 9.17) is 5.73 Å². The van der Waals surface area contributed by atoms with Gasteiger partial charge in [-0.25, -0.2) is 9.97 Å². The number of fused-ring (bicyclic) bond motifs is 3. The van der Waals surface area contributed by atoms with Gasteiger partial charge in [0.2, 0.25) is 0 Å². The number of aromatic nitrogens is 4. The van der Waals surface area contributed by atoms with Crippen LogP contribution in [-0.2, 0) is 6.54 Å². The molecule has 0 radical (unpaired) electrons. The lowest BCUT2D eigenvalue weighted by Gasteiger charge is -2.22. The summed E-state index contributed by atoms with van der Waals surface area (Å²) in [5, 5.41) is 7.44. The number of hydrogen-bond acceptors (Lipinski definition) is 5. The van der Waals surface area contributed by atoms with Gasteiger partial charge < -0.3 is 5.73 Å². The predicted molar refractivity (Wildman–Crippen MR) is 87.4 cm³/mol. The minimum atomic E-state index is -0.00349. The largest absolute Gasteiger partial charge is 0.330 e. The van der Waals surface area contributed by atoms with E-state index in [-0.39, 0.29) is 5.41 Å². The number of rotatable bonds is 4. The van der Waals surface area contributed by atoms with Gasteiger partial charge in [0, 0.05) is 23.5 Å². The summed E-state index contributed by atoms with van der Waals surface area (Å²) in [5.74, 6) is 0. The summed E-state index contributed by atoms with van der Waals surface area (Å²) < 4.78 is 2.02. The second-order valence-electron chi connectivity index (χ2n) is 5.97. The Morgan fingerprint density at radius 3 is 2.71 bits per heavy atom. The molecule has 3 aromatic rings. The van der Waals surface area contributed by atoms with Crippen LogP contribution >= 0.6 is 11.8 Å². The summed E-state index contributed by atoms with van der Waals surface area (Å²) in [6.45, 7) is 5.68. The zero-order chi connectivity index (χ0) is 15.0. The van der Waals surface area contributed by atoms with Crippen LogP contribution in [0.4, 0.5) is 0 Å². The highest BCUT2D eigenvalue weighted by Crippen LogP contribution is 2.27. The fourth-order valence-electron chi connectivity index (χ4n) is 2.34. The highest BCUT2D eigenvalue weighted by molar-refractivity contribution is 7.98. The van der Waals surface area contributed by atoms with E-state index in [1.165, 1.54) is 0 Å². The Morgan fingerprint density at radius 1 is 1.24 bits per heavy atom. The fraction of sp³-hybridized carbons (Fsp3) is 0.400. The first kappa shape index (κ1) is 14.3. The zero-order valence-electron chi connectivity index (χ0n) is 12.5. The molecule has 0 saturated carbocycles. The highest BCUT2D eigenvalue weighted by atomic mass is 32.2. The van der Waals surface area contributed by atoms with Gasteiger partial charge in [-0.3, -0.25) is 4.68 Å². The van der Waals surface area contributed by atoms with Crippen LogP contribution in [0.25, 0.3) is 21.8 Å². The van der Waals surface area contributed by atoms with E-state index in [0.29, 0.717) is 6.54 Å². The maximum absolute atomic E-state index is 5.86. The summed E-state index contributed by atoms with van der Waals surface area (Å²) in [6, 6.07) is 4.11. The molecule has 0 unspecified atom stereocenters. The molecule has 5 nitrogen and oxygen atoms in total. The van der Waals surface area contributed by atoms with E-state index in [2.05, 4.69) is 35.0 Å². The number of hydrogen-bond donors (Lipinski definition) is 1. The van der Waals surface area contributed by atoms with Crippen LogP contribution in [0.15, 0.2) is 29.7 Å². The van der Waals surface area contributed by atoms with Crippen LogP contribution in [0.2, 0.25) is 0 Å². The highest BCUT2D eigenvalue weighted by Gasteiger charge is 2.19. The molecule has 0 aliphatic rings. The third-order valence-electron chi connectivity index (χ3n) is 3.64. The van der Waals surface area contributed by atoms with E-state index in [1.54, 1.807) is 11.8 Å². The Balaban J connectivity index is 2.24. The Hall–Kier alpha value is -1.66. The molecular weight excluding hydrogens is 282 g/mol. The molecule has 0 spiro atoms. The average molecular weight is 301 g/mol. The Bertz CT molecular complexity index is 793. The number of benzene rings is 1. The normalized spacial score (nSPS) is 12.4. The third-order valence-corrected chi connectivity index (χ3v) is 4.20. The summed E-state index contributed by atoms with van der Waals surface area (Å²) in [7, 11) is 0. The van der Waals surface area contributed by atoms with E-state index in [9.17, 15) is 0 Å². The SMILES string of the molecule is CSc1ncc2ccc3cnn(CC(C)(C)CN)c3c2n1. The molecule has 0 aliphatic heterocycles. The van der Waals surface area contributed by atoms with Crippen molar-refractivity contribution in [3.63, 3.8) is 0 Å². The van der Waals surface area contributed by atoms with Crippen LogP contribution in [0.3, 0.4) is 0 Å². The summed E-state index contributed by atoms with van der Waals surface area (Å²) in [5.41, 5.74) is 7.87. The van der Waals surface area contributed by atoms with Gasteiger partial charge >= 0.3 is 0 Å². The van der Waals surface area contributed by atoms with Gasteiger partial charge in [-0.1, -0.05) is 37.7 Å². The Morgan fingerprint density at radius 2 is 2.00 bits per heavy atom. The molecule has 21 heavy (non-hydrogen) atoms. The first-order valence-corrected chi connectivity index (χ1v) is 8.12. The van der Waals surface area contributed by atoms with E-state index < -0.39 is 0 Å². The molecule has 0 saturated heterocycles. The topological polar surface area (TPSA) is 69.6 Å². The first-order chi connectivity index (χ1) is 10.0. The van der Waals surface area contributed by atoms with Gasteiger partial charge in [0.15, 0.2) is 5.16 Å². The monoisotopic (exact) mass is 301 g/mol. The average Bonchev–Trinajstić information content (AvgIpc) is 2.89. The molecule has 0 bridgehead atoms. The van der Waals surface area contributed by atoms with Gasteiger partial charge in [-0.15, -0.1) is 0 Å². The van der Waals surface area contributed by atoms with Crippen LogP contribution in [0.5, 0.6) is 0 Å². The van der Waals surface area contributed by atoms with Crippen molar-refractivity contribution in [1.82, 2.24) is 19.7 Å². The first-order valence-electron chi connectivity index (χ1n) is 6.89. The van der Waals surface area contributed by atoms with Crippen molar-refractivity contribution in [1.29, 1.82) is 0 Å². The van der Waals surface area contributed by atoms with Gasteiger partial charge in [0.1, 0.15) is 5.52 Å². The van der Waals surface area contributed by atoms with Crippen molar-refractivity contribution < 1.29 is 0 Å². The van der Waals surface area contributed by atoms with Gasteiger partial charge in [0.25, 0.3) is 0 Å². The summed E-state index contributed by atoms with van der Waals surface area (Å²) >= 11 is 1.55. The van der Waals surface area contributed by atoms with Crippen molar-refractivity contribution in [2.75, 3.05) is 12.8 Å². The quantitative estimate of drug-likeness (QED) is 0.592. The molecule has 2 N–H and O–H groups in total. The minimum absolute atomic E-state index is 0.00349. The molecule has 6 heteroatoms. The molecule has 0 atom stereocenters. The number of thioether (sulfide) groups is 1. The summed E-state index contributed by atoms with van der Waals surface area (Å²) in [6.07, 6.45) is 5.75. The third kappa shape index (κ3) is 2.61. The fourth-order valence-corrected chi connectivity index (χ4v) is 2.68. The number of nitrogens with two attached hydrogens (primary N) is 1. The molecular formula is C15H19N5S. The molecule has 0 aliphatic carbocycles. The lowest BCUT2D eigenvalue weighted by atomic mass is 9.94. The standard InChI is InChI=1S/C15H19N5S/c1-15(2,8-16)9-20-13-11(7-18-20)5-4-10-6-17-14(21-3)19-12(10)13/h4-7H,8-9,16H2,1-3H3. The van der Waals surface area contributed by atoms with Gasteiger partial charge in [-0.2, -0.15) is 5.10 Å². The van der Waals surface area contributed by atoms with Crippen molar-refractivity contribution in [3.8, 4) is 0 Å². The van der Waals surface area contributed by atoms with Crippen molar-refractivity contribution in [2.45, 2.75) is 25.5 Å². The van der Waals surface area contributed by atoms with Gasteiger partial charge in [0.05, 0.1) is 11.7 Å². The van der Waals surface area contributed by atoms with Crippen molar-refractivity contribution in [3.05, 3.63) is 24.5 Å². The zero-order valence-corrected chi connectivity index (χ0v) is 13.3.